The van der Waals surface area contributed by atoms with Gasteiger partial charge < -0.3 is 11.1 Å². The highest BCUT2D eigenvalue weighted by Gasteiger charge is 2.13. The minimum Gasteiger partial charge on any atom is -0.370 e. The predicted molar refractivity (Wildman–Crippen MR) is 91.7 cm³/mol. The molecule has 0 unspecified atom stereocenters. The van der Waals surface area contributed by atoms with E-state index in [1.165, 1.54) is 0 Å². The summed E-state index contributed by atoms with van der Waals surface area (Å²) >= 11 is 11.4. The zero-order valence-corrected chi connectivity index (χ0v) is 13.8. The lowest BCUT2D eigenvalue weighted by atomic mass is 10.2. The van der Waals surface area contributed by atoms with Crippen molar-refractivity contribution < 1.29 is 0 Å². The number of nitrogens with one attached hydrogen (secondary N) is 2. The Kier molecular flexibility index (Phi) is 8.00. The first-order valence-electron chi connectivity index (χ1n) is 7.05. The summed E-state index contributed by atoms with van der Waals surface area (Å²) in [4.78, 5) is 5.78. The zero-order valence-electron chi connectivity index (χ0n) is 12.2. The summed E-state index contributed by atoms with van der Waals surface area (Å²) in [5.74, 6) is -0.0740. The summed E-state index contributed by atoms with van der Waals surface area (Å²) in [5.41, 5.74) is 6.38. The smallest absolute Gasteiger partial charge is 0.194 e. The molecule has 1 heterocycles. The molecule has 0 saturated heterocycles. The summed E-state index contributed by atoms with van der Waals surface area (Å²) in [5, 5.41) is 11.9. The van der Waals surface area contributed by atoms with Gasteiger partial charge in [-0.05, 0) is 30.8 Å². The largest absolute Gasteiger partial charge is 0.370 e. The van der Waals surface area contributed by atoms with Gasteiger partial charge in [-0.1, -0.05) is 31.4 Å². The van der Waals surface area contributed by atoms with Crippen molar-refractivity contribution in [3.05, 3.63) is 29.0 Å². The topological polar surface area (TPSA) is 78.0 Å². The predicted octanol–water partition coefficient (Wildman–Crippen LogP) is 2.54. The van der Waals surface area contributed by atoms with E-state index in [0.29, 0.717) is 23.1 Å². The van der Waals surface area contributed by atoms with Crippen LogP contribution in [0.5, 0.6) is 0 Å². The molecule has 0 atom stereocenters. The number of rotatable bonds is 7. The average molecular weight is 328 g/mol. The van der Waals surface area contributed by atoms with Gasteiger partial charge in [-0.3, -0.25) is 15.3 Å². The van der Waals surface area contributed by atoms with Gasteiger partial charge >= 0.3 is 0 Å². The van der Waals surface area contributed by atoms with E-state index in [4.69, 9.17) is 35.0 Å². The molecule has 21 heavy (non-hydrogen) atoms. The second-order valence-corrected chi connectivity index (χ2v) is 5.45. The van der Waals surface area contributed by atoms with E-state index in [9.17, 15) is 0 Å². The lowest BCUT2D eigenvalue weighted by Gasteiger charge is -2.24. The fourth-order valence-electron chi connectivity index (χ4n) is 1.82. The number of pyridine rings is 1. The minimum atomic E-state index is -0.0740. The third-order valence-corrected chi connectivity index (χ3v) is 3.71. The van der Waals surface area contributed by atoms with Crippen LogP contribution in [0.3, 0.4) is 0 Å². The molecule has 5 nitrogen and oxygen atoms in total. The van der Waals surface area contributed by atoms with Crippen LogP contribution in [-0.2, 0) is 6.42 Å². The molecule has 4 N–H and O–H groups in total. The zero-order chi connectivity index (χ0) is 15.7. The third-order valence-electron chi connectivity index (χ3n) is 3.00. The molecule has 0 fully saturated rings. The average Bonchev–Trinajstić information content (AvgIpc) is 2.45. The number of hydrogen-bond acceptors (Lipinski definition) is 3. The first-order valence-corrected chi connectivity index (χ1v) is 7.83. The van der Waals surface area contributed by atoms with Crippen LogP contribution < -0.4 is 11.1 Å². The fourth-order valence-corrected chi connectivity index (χ4v) is 2.32. The second-order valence-electron chi connectivity index (χ2n) is 4.66. The van der Waals surface area contributed by atoms with Gasteiger partial charge in [0.15, 0.2) is 11.1 Å². The Bertz CT molecular complexity index is 480. The quantitative estimate of drug-likeness (QED) is 0.310. The molecule has 0 aliphatic carbocycles. The monoisotopic (exact) mass is 327 g/mol. The van der Waals surface area contributed by atoms with Crippen LogP contribution in [0, 0.1) is 5.41 Å². The maximum atomic E-state index is 7.64. The standard InChI is InChI=1S/C14H22ClN5S/c1-2-3-4-8-19-14(21)20(13(16)17)10-7-12-11(15)6-5-9-18-12/h5-6,9H,2-4,7-8,10H2,1H3,(H3,16,17)(H,19,21). The molecule has 0 aromatic carbocycles. The van der Waals surface area contributed by atoms with Crippen molar-refractivity contribution in [2.45, 2.75) is 32.6 Å². The summed E-state index contributed by atoms with van der Waals surface area (Å²) in [6, 6.07) is 3.58. The minimum absolute atomic E-state index is 0.0740. The van der Waals surface area contributed by atoms with Gasteiger partial charge in [0.1, 0.15) is 0 Å². The Hall–Kier alpha value is -1.40. The normalized spacial score (nSPS) is 10.2. The van der Waals surface area contributed by atoms with E-state index >= 15 is 0 Å². The Balaban J connectivity index is 2.52. The molecule has 0 saturated carbocycles. The van der Waals surface area contributed by atoms with Gasteiger partial charge in [-0.2, -0.15) is 0 Å². The van der Waals surface area contributed by atoms with Crippen molar-refractivity contribution in [3.63, 3.8) is 0 Å². The van der Waals surface area contributed by atoms with Crippen molar-refractivity contribution in [3.8, 4) is 0 Å². The molecular formula is C14H22ClN5S. The molecular weight excluding hydrogens is 306 g/mol. The molecule has 7 heteroatoms. The SMILES string of the molecule is CCCCCNC(=S)N(CCc1ncccc1Cl)C(=N)N. The lowest BCUT2D eigenvalue weighted by Crippen LogP contribution is -2.47. The van der Waals surface area contributed by atoms with E-state index in [2.05, 4.69) is 17.2 Å². The van der Waals surface area contributed by atoms with E-state index in [0.717, 1.165) is 31.5 Å². The van der Waals surface area contributed by atoms with Crippen molar-refractivity contribution in [1.29, 1.82) is 5.41 Å². The van der Waals surface area contributed by atoms with Crippen LogP contribution >= 0.6 is 23.8 Å². The van der Waals surface area contributed by atoms with Crippen LogP contribution in [0.25, 0.3) is 0 Å². The molecule has 1 aromatic rings. The van der Waals surface area contributed by atoms with Crippen molar-refractivity contribution in [2.24, 2.45) is 5.73 Å². The number of nitrogens with zero attached hydrogens (tertiary/aromatic N) is 2. The summed E-state index contributed by atoms with van der Waals surface area (Å²) in [6.45, 7) is 3.42. The van der Waals surface area contributed by atoms with Crippen LogP contribution in [-0.4, -0.2) is 34.0 Å². The van der Waals surface area contributed by atoms with Crippen molar-refractivity contribution >= 4 is 34.9 Å². The Morgan fingerprint density at radius 3 is 2.90 bits per heavy atom. The first kappa shape index (κ1) is 17.7. The Morgan fingerprint density at radius 1 is 1.52 bits per heavy atom. The van der Waals surface area contributed by atoms with E-state index in [1.807, 2.05) is 0 Å². The fraction of sp³-hybridized carbons (Fsp3) is 0.500. The summed E-state index contributed by atoms with van der Waals surface area (Å²) in [7, 11) is 0. The van der Waals surface area contributed by atoms with Crippen LogP contribution in [0.4, 0.5) is 0 Å². The molecule has 0 bridgehead atoms. The van der Waals surface area contributed by atoms with Crippen molar-refractivity contribution in [2.75, 3.05) is 13.1 Å². The molecule has 1 aromatic heterocycles. The molecule has 0 radical (unpaired) electrons. The number of unbranched alkanes of at least 4 members (excludes halogenated alkanes) is 2. The highest BCUT2D eigenvalue weighted by molar-refractivity contribution is 7.80. The van der Waals surface area contributed by atoms with Gasteiger partial charge in [0.05, 0.1) is 10.7 Å². The highest BCUT2D eigenvalue weighted by atomic mass is 35.5. The maximum Gasteiger partial charge on any atom is 0.194 e. The molecule has 0 spiro atoms. The van der Waals surface area contributed by atoms with Crippen LogP contribution in [0.2, 0.25) is 5.02 Å². The summed E-state index contributed by atoms with van der Waals surface area (Å²) in [6.07, 6.45) is 5.63. The maximum absolute atomic E-state index is 7.64. The number of aromatic nitrogens is 1. The van der Waals surface area contributed by atoms with Gasteiger partial charge in [0.2, 0.25) is 0 Å². The molecule has 0 aliphatic heterocycles. The third kappa shape index (κ3) is 6.27. The number of thiocarbonyl (C=S) groups is 1. The highest BCUT2D eigenvalue weighted by Crippen LogP contribution is 2.13. The number of nitrogens with two attached hydrogens (primary N) is 1. The number of guanidine groups is 1. The molecule has 1 rings (SSSR count). The first-order chi connectivity index (χ1) is 10.1. The van der Waals surface area contributed by atoms with Gasteiger partial charge in [-0.15, -0.1) is 0 Å². The molecule has 0 amide bonds. The van der Waals surface area contributed by atoms with Gasteiger partial charge in [-0.25, -0.2) is 0 Å². The number of halogens is 1. The molecule has 0 aliphatic rings. The molecule has 116 valence electrons. The van der Waals surface area contributed by atoms with Crippen LogP contribution in [0.1, 0.15) is 31.9 Å². The van der Waals surface area contributed by atoms with Crippen molar-refractivity contribution in [1.82, 2.24) is 15.2 Å². The Morgan fingerprint density at radius 2 is 2.29 bits per heavy atom. The van der Waals surface area contributed by atoms with Crippen LogP contribution in [0.15, 0.2) is 18.3 Å². The Labute approximate surface area is 136 Å². The summed E-state index contributed by atoms with van der Waals surface area (Å²) < 4.78 is 0. The van der Waals surface area contributed by atoms with Gasteiger partial charge in [0, 0.05) is 25.7 Å². The van der Waals surface area contributed by atoms with E-state index < -0.39 is 0 Å². The van der Waals surface area contributed by atoms with E-state index in [1.54, 1.807) is 23.2 Å². The lowest BCUT2D eigenvalue weighted by molar-refractivity contribution is 0.568. The van der Waals surface area contributed by atoms with E-state index in [-0.39, 0.29) is 5.96 Å². The second kappa shape index (κ2) is 9.52. The van der Waals surface area contributed by atoms with Gasteiger partial charge in [0.25, 0.3) is 0 Å². The number of hydrogen-bond donors (Lipinski definition) is 3.